The second kappa shape index (κ2) is 5.46. The highest BCUT2D eigenvalue weighted by Gasteiger charge is 2.29. The van der Waals surface area contributed by atoms with Crippen molar-refractivity contribution in [3.05, 3.63) is 53.7 Å². The average Bonchev–Trinajstić information content (AvgIpc) is 2.54. The lowest BCUT2D eigenvalue weighted by atomic mass is 10.0. The SMILES string of the molecule is O=S(=O)(c1ccc(CO)cn1)N1CCCc2ccccc21. The molecule has 1 N–H and O–H groups in total. The van der Waals surface area contributed by atoms with Gasteiger partial charge in [0.25, 0.3) is 10.0 Å². The third kappa shape index (κ3) is 2.52. The van der Waals surface area contributed by atoms with Crippen molar-refractivity contribution in [3.63, 3.8) is 0 Å². The van der Waals surface area contributed by atoms with Crippen molar-refractivity contribution < 1.29 is 13.5 Å². The van der Waals surface area contributed by atoms with Gasteiger partial charge in [-0.15, -0.1) is 0 Å². The molecule has 0 atom stereocenters. The Morgan fingerprint density at radius 1 is 1.19 bits per heavy atom. The summed E-state index contributed by atoms with van der Waals surface area (Å²) in [6.45, 7) is 0.308. The smallest absolute Gasteiger partial charge is 0.281 e. The summed E-state index contributed by atoms with van der Waals surface area (Å²) in [7, 11) is -3.66. The topological polar surface area (TPSA) is 70.5 Å². The second-order valence-electron chi connectivity index (χ2n) is 4.97. The van der Waals surface area contributed by atoms with E-state index in [1.54, 1.807) is 6.07 Å². The van der Waals surface area contributed by atoms with Crippen LogP contribution in [0.25, 0.3) is 0 Å². The molecule has 1 aromatic heterocycles. The van der Waals surface area contributed by atoms with Crippen LogP contribution in [0.15, 0.2) is 47.6 Å². The summed E-state index contributed by atoms with van der Waals surface area (Å²) in [5.41, 5.74) is 2.36. The molecule has 5 nitrogen and oxygen atoms in total. The Hall–Kier alpha value is -1.92. The minimum absolute atomic E-state index is 0.0106. The molecule has 1 aliphatic rings. The second-order valence-corrected chi connectivity index (χ2v) is 6.78. The third-order valence-electron chi connectivity index (χ3n) is 3.60. The molecule has 1 aromatic carbocycles. The molecule has 1 aliphatic heterocycles. The number of rotatable bonds is 3. The Morgan fingerprint density at radius 2 is 2.00 bits per heavy atom. The van der Waals surface area contributed by atoms with Gasteiger partial charge in [0.2, 0.25) is 0 Å². The van der Waals surface area contributed by atoms with E-state index in [0.29, 0.717) is 12.1 Å². The summed E-state index contributed by atoms with van der Waals surface area (Å²) in [6.07, 6.45) is 3.08. The molecule has 0 fully saturated rings. The van der Waals surface area contributed by atoms with E-state index < -0.39 is 10.0 Å². The van der Waals surface area contributed by atoms with Gasteiger partial charge in [0, 0.05) is 12.7 Å². The average molecular weight is 304 g/mol. The van der Waals surface area contributed by atoms with E-state index in [9.17, 15) is 8.42 Å². The minimum atomic E-state index is -3.66. The highest BCUT2D eigenvalue weighted by Crippen LogP contribution is 2.31. The van der Waals surface area contributed by atoms with E-state index in [0.717, 1.165) is 24.1 Å². The van der Waals surface area contributed by atoms with Crippen LogP contribution in [0.3, 0.4) is 0 Å². The summed E-state index contributed by atoms with van der Waals surface area (Å²) in [5, 5.41) is 9.02. The van der Waals surface area contributed by atoms with Crippen molar-refractivity contribution in [3.8, 4) is 0 Å². The van der Waals surface area contributed by atoms with Gasteiger partial charge in [0.05, 0.1) is 12.3 Å². The first kappa shape index (κ1) is 14.0. The van der Waals surface area contributed by atoms with Gasteiger partial charge in [-0.3, -0.25) is 4.31 Å². The molecule has 3 rings (SSSR count). The number of hydrogen-bond donors (Lipinski definition) is 1. The number of sulfonamides is 1. The molecule has 6 heteroatoms. The third-order valence-corrected chi connectivity index (χ3v) is 5.33. The highest BCUT2D eigenvalue weighted by molar-refractivity contribution is 7.92. The monoisotopic (exact) mass is 304 g/mol. The minimum Gasteiger partial charge on any atom is -0.392 e. The molecular formula is C15H16N2O3S. The number of benzene rings is 1. The van der Waals surface area contributed by atoms with Crippen molar-refractivity contribution in [1.82, 2.24) is 4.98 Å². The molecule has 0 bridgehead atoms. The molecule has 2 heterocycles. The van der Waals surface area contributed by atoms with E-state index in [2.05, 4.69) is 4.98 Å². The van der Waals surface area contributed by atoms with Crippen molar-refractivity contribution in [1.29, 1.82) is 0 Å². The van der Waals surface area contributed by atoms with Crippen LogP contribution in [0.1, 0.15) is 17.5 Å². The Morgan fingerprint density at radius 3 is 2.71 bits per heavy atom. The van der Waals surface area contributed by atoms with Gasteiger partial charge in [-0.2, -0.15) is 8.42 Å². The van der Waals surface area contributed by atoms with Gasteiger partial charge in [-0.25, -0.2) is 4.98 Å². The molecular weight excluding hydrogens is 288 g/mol. The Bertz CT molecular complexity index is 742. The first-order valence-electron chi connectivity index (χ1n) is 6.79. The van der Waals surface area contributed by atoms with Crippen LogP contribution in [-0.4, -0.2) is 25.1 Å². The highest BCUT2D eigenvalue weighted by atomic mass is 32.2. The maximum atomic E-state index is 12.8. The first-order chi connectivity index (χ1) is 10.1. The quantitative estimate of drug-likeness (QED) is 0.937. The van der Waals surface area contributed by atoms with Gasteiger partial charge < -0.3 is 5.11 Å². The van der Waals surface area contributed by atoms with Crippen molar-refractivity contribution >= 4 is 15.7 Å². The first-order valence-corrected chi connectivity index (χ1v) is 8.23. The van der Waals surface area contributed by atoms with Crippen LogP contribution in [0.2, 0.25) is 0 Å². The van der Waals surface area contributed by atoms with E-state index >= 15 is 0 Å². The summed E-state index contributed by atoms with van der Waals surface area (Å²) in [4.78, 5) is 3.98. The van der Waals surface area contributed by atoms with Crippen LogP contribution in [0.4, 0.5) is 5.69 Å². The molecule has 0 radical (unpaired) electrons. The fraction of sp³-hybridized carbons (Fsp3) is 0.267. The van der Waals surface area contributed by atoms with E-state index in [1.807, 2.05) is 24.3 Å². The van der Waals surface area contributed by atoms with Crippen LogP contribution in [0, 0.1) is 0 Å². The number of pyridine rings is 1. The fourth-order valence-corrected chi connectivity index (χ4v) is 3.98. The molecule has 0 saturated heterocycles. The summed E-state index contributed by atoms with van der Waals surface area (Å²) < 4.78 is 26.9. The lowest BCUT2D eigenvalue weighted by molar-refractivity contribution is 0.281. The summed E-state index contributed by atoms with van der Waals surface area (Å²) >= 11 is 0. The Kier molecular flexibility index (Phi) is 3.65. The lowest BCUT2D eigenvalue weighted by Gasteiger charge is -2.30. The number of fused-ring (bicyclic) bond motifs is 1. The predicted octanol–water partition coefficient (Wildman–Crippen LogP) is 1.72. The number of para-hydroxylation sites is 1. The summed E-state index contributed by atoms with van der Waals surface area (Å²) in [5.74, 6) is 0. The van der Waals surface area contributed by atoms with Gasteiger partial charge >= 0.3 is 0 Å². The van der Waals surface area contributed by atoms with Gasteiger partial charge in [-0.1, -0.05) is 24.3 Å². The number of nitrogens with zero attached hydrogens (tertiary/aromatic N) is 2. The van der Waals surface area contributed by atoms with Crippen molar-refractivity contribution in [2.75, 3.05) is 10.8 Å². The number of anilines is 1. The zero-order valence-electron chi connectivity index (χ0n) is 11.4. The normalized spacial score (nSPS) is 14.8. The van der Waals surface area contributed by atoms with Crippen LogP contribution in [0.5, 0.6) is 0 Å². The lowest BCUT2D eigenvalue weighted by Crippen LogP contribution is -2.35. The zero-order valence-corrected chi connectivity index (χ0v) is 12.3. The molecule has 0 amide bonds. The van der Waals surface area contributed by atoms with Gasteiger partial charge in [0.1, 0.15) is 0 Å². The maximum Gasteiger partial charge on any atom is 0.281 e. The number of aliphatic hydroxyl groups is 1. The van der Waals surface area contributed by atoms with E-state index in [1.165, 1.54) is 16.6 Å². The fourth-order valence-electron chi connectivity index (χ4n) is 2.52. The van der Waals surface area contributed by atoms with Crippen LogP contribution >= 0.6 is 0 Å². The van der Waals surface area contributed by atoms with Crippen molar-refractivity contribution in [2.24, 2.45) is 0 Å². The number of aliphatic hydroxyl groups excluding tert-OH is 1. The predicted molar refractivity (Wildman–Crippen MR) is 79.5 cm³/mol. The summed E-state index contributed by atoms with van der Waals surface area (Å²) in [6, 6.07) is 10.6. The van der Waals surface area contributed by atoms with Crippen LogP contribution in [-0.2, 0) is 23.1 Å². The van der Waals surface area contributed by atoms with Gasteiger partial charge in [0.15, 0.2) is 5.03 Å². The van der Waals surface area contributed by atoms with Gasteiger partial charge in [-0.05, 0) is 36.1 Å². The molecule has 0 aliphatic carbocycles. The standard InChI is InChI=1S/C15H16N2O3S/c18-11-12-7-8-15(16-10-12)21(19,20)17-9-3-5-13-4-1-2-6-14(13)17/h1-2,4,6-8,10,18H,3,5,9,11H2. The molecule has 0 spiro atoms. The molecule has 21 heavy (non-hydrogen) atoms. The number of aromatic nitrogens is 1. The molecule has 110 valence electrons. The Balaban J connectivity index is 2.02. The largest absolute Gasteiger partial charge is 0.392 e. The Labute approximate surface area is 123 Å². The number of aryl methyl sites for hydroxylation is 1. The maximum absolute atomic E-state index is 12.8. The number of hydrogen-bond acceptors (Lipinski definition) is 4. The van der Waals surface area contributed by atoms with Crippen LogP contribution < -0.4 is 4.31 Å². The zero-order chi connectivity index (χ0) is 14.9. The van der Waals surface area contributed by atoms with E-state index in [4.69, 9.17) is 5.11 Å². The molecule has 0 saturated carbocycles. The molecule has 2 aromatic rings. The van der Waals surface area contributed by atoms with Crippen molar-refractivity contribution in [2.45, 2.75) is 24.5 Å². The molecule has 0 unspecified atom stereocenters. The van der Waals surface area contributed by atoms with E-state index in [-0.39, 0.29) is 11.6 Å².